The zero-order valence-corrected chi connectivity index (χ0v) is 21.2. The molecule has 5 rings (SSSR count). The fourth-order valence-corrected chi connectivity index (χ4v) is 6.35. The Kier molecular flexibility index (Phi) is 7.25. The van der Waals surface area contributed by atoms with Crippen LogP contribution in [0.4, 0.5) is 11.4 Å². The number of ketones is 2. The summed E-state index contributed by atoms with van der Waals surface area (Å²) < 4.78 is 0. The minimum Gasteiger partial charge on any atom is -0.293 e. The van der Waals surface area contributed by atoms with Gasteiger partial charge in [0.05, 0.1) is 33.3 Å². The number of Topliss-reactive ketones (excluding diaryl/α,β-unsaturated/α-hetero) is 2. The highest BCUT2D eigenvalue weighted by atomic mass is 32.2. The third-order valence-electron chi connectivity index (χ3n) is 6.08. The van der Waals surface area contributed by atoms with Gasteiger partial charge in [-0.1, -0.05) is 59.9 Å². The highest BCUT2D eigenvalue weighted by Gasteiger charge is 2.34. The van der Waals surface area contributed by atoms with Gasteiger partial charge in [-0.3, -0.25) is 9.59 Å². The summed E-state index contributed by atoms with van der Waals surface area (Å²) in [5, 5.41) is 10.9. The second-order valence-corrected chi connectivity index (χ2v) is 10.7. The predicted octanol–water partition coefficient (Wildman–Crippen LogP) is 7.71. The summed E-state index contributed by atoms with van der Waals surface area (Å²) in [6.07, 6.45) is 7.20. The van der Waals surface area contributed by atoms with Crippen molar-refractivity contribution in [2.45, 2.75) is 24.6 Å². The molecule has 0 radical (unpaired) electrons. The van der Waals surface area contributed by atoms with Crippen molar-refractivity contribution in [1.82, 2.24) is 0 Å². The number of benzene rings is 2. The highest BCUT2D eigenvalue weighted by Crippen LogP contribution is 2.40. The molecule has 0 bridgehead atoms. The molecule has 3 aliphatic heterocycles. The Labute approximate surface area is 218 Å². The first-order valence-corrected chi connectivity index (χ1v) is 13.4. The zero-order chi connectivity index (χ0) is 25.1. The van der Waals surface area contributed by atoms with Crippen LogP contribution in [0.2, 0.25) is 0 Å². The molecule has 0 unspecified atom stereocenters. The number of carbonyl (C=O) groups is 2. The Bertz CT molecular complexity index is 1380. The molecular weight excluding hydrogens is 488 g/mol. The average Bonchev–Trinajstić information content (AvgIpc) is 2.90. The molecular formula is C28H24N4O2S2. The number of nitrogens with zero attached hydrogens (tertiary/aromatic N) is 4. The summed E-state index contributed by atoms with van der Waals surface area (Å²) in [6.45, 7) is 7.63. The third-order valence-corrected chi connectivity index (χ3v) is 8.30. The number of hydrogen-bond acceptors (Lipinski definition) is 8. The summed E-state index contributed by atoms with van der Waals surface area (Å²) in [5.41, 5.74) is 2.66. The SMILES string of the molecule is C=CC[C@@H]1C(=O)c2ccccc2N=C1S[C@@H]1CC=C(SC2=Nc3ccccc3C(=O)[C@@H]2CC=C)N=N1. The number of allylic oxidation sites excluding steroid dienone is 2. The van der Waals surface area contributed by atoms with E-state index in [1.807, 2.05) is 54.6 Å². The molecule has 2 aromatic carbocycles. The van der Waals surface area contributed by atoms with E-state index in [4.69, 9.17) is 9.98 Å². The maximum absolute atomic E-state index is 13.1. The summed E-state index contributed by atoms with van der Waals surface area (Å²) in [7, 11) is 0. The van der Waals surface area contributed by atoms with E-state index in [1.54, 1.807) is 12.2 Å². The van der Waals surface area contributed by atoms with Crippen LogP contribution in [0.5, 0.6) is 0 Å². The molecule has 36 heavy (non-hydrogen) atoms. The van der Waals surface area contributed by atoms with Crippen molar-refractivity contribution in [2.75, 3.05) is 0 Å². The van der Waals surface area contributed by atoms with E-state index in [1.165, 1.54) is 23.5 Å². The predicted molar refractivity (Wildman–Crippen MR) is 149 cm³/mol. The molecule has 0 N–H and O–H groups in total. The van der Waals surface area contributed by atoms with Crippen LogP contribution in [-0.4, -0.2) is 27.0 Å². The first-order valence-electron chi connectivity index (χ1n) is 11.7. The van der Waals surface area contributed by atoms with Crippen LogP contribution in [-0.2, 0) is 0 Å². The Morgan fingerprint density at radius 1 is 0.833 bits per heavy atom. The van der Waals surface area contributed by atoms with Gasteiger partial charge in [-0.15, -0.1) is 18.3 Å². The van der Waals surface area contributed by atoms with Gasteiger partial charge in [0.15, 0.2) is 11.6 Å². The van der Waals surface area contributed by atoms with Crippen molar-refractivity contribution in [3.63, 3.8) is 0 Å². The van der Waals surface area contributed by atoms with Gasteiger partial charge in [-0.05, 0) is 43.2 Å². The molecule has 0 amide bonds. The van der Waals surface area contributed by atoms with Gasteiger partial charge in [-0.25, -0.2) is 9.98 Å². The molecule has 180 valence electrons. The van der Waals surface area contributed by atoms with E-state index in [0.717, 1.165) is 5.04 Å². The van der Waals surface area contributed by atoms with E-state index in [9.17, 15) is 9.59 Å². The first kappa shape index (κ1) is 24.3. The summed E-state index contributed by atoms with van der Waals surface area (Å²) in [6, 6.07) is 14.8. The number of aliphatic imine (C=N–C) groups is 2. The van der Waals surface area contributed by atoms with Gasteiger partial charge in [0, 0.05) is 17.5 Å². The smallest absolute Gasteiger partial charge is 0.174 e. The molecule has 3 aliphatic rings. The van der Waals surface area contributed by atoms with Crippen LogP contribution >= 0.6 is 23.5 Å². The number of fused-ring (bicyclic) bond motifs is 2. The number of para-hydroxylation sites is 2. The second-order valence-electron chi connectivity index (χ2n) is 8.48. The normalized spacial score (nSPS) is 22.7. The van der Waals surface area contributed by atoms with Gasteiger partial charge in [0.25, 0.3) is 0 Å². The Balaban J connectivity index is 1.32. The second kappa shape index (κ2) is 10.7. The van der Waals surface area contributed by atoms with Crippen molar-refractivity contribution in [2.24, 2.45) is 32.0 Å². The lowest BCUT2D eigenvalue weighted by atomic mass is 9.92. The summed E-state index contributed by atoms with van der Waals surface area (Å²) >= 11 is 2.85. The van der Waals surface area contributed by atoms with E-state index < -0.39 is 0 Å². The lowest BCUT2D eigenvalue weighted by molar-refractivity contribution is 0.0947. The van der Waals surface area contributed by atoms with Gasteiger partial charge in [0.1, 0.15) is 10.4 Å². The quantitative estimate of drug-likeness (QED) is 0.371. The molecule has 6 nitrogen and oxygen atoms in total. The first-order chi connectivity index (χ1) is 17.6. The fraction of sp³-hybridized carbons (Fsp3) is 0.214. The maximum Gasteiger partial charge on any atom is 0.174 e. The van der Waals surface area contributed by atoms with Crippen molar-refractivity contribution in [3.05, 3.63) is 96.1 Å². The fourth-order valence-electron chi connectivity index (χ4n) is 4.29. The van der Waals surface area contributed by atoms with Crippen LogP contribution in [0.1, 0.15) is 40.0 Å². The molecule has 8 heteroatoms. The number of azo groups is 1. The van der Waals surface area contributed by atoms with Crippen molar-refractivity contribution < 1.29 is 9.59 Å². The van der Waals surface area contributed by atoms with Crippen molar-refractivity contribution in [3.8, 4) is 0 Å². The van der Waals surface area contributed by atoms with Gasteiger partial charge in [0.2, 0.25) is 0 Å². The lowest BCUT2D eigenvalue weighted by Crippen LogP contribution is -2.26. The van der Waals surface area contributed by atoms with E-state index in [2.05, 4.69) is 23.4 Å². The molecule has 0 spiro atoms. The molecule has 0 aromatic heterocycles. The van der Waals surface area contributed by atoms with Crippen LogP contribution in [0.15, 0.2) is 105 Å². The topological polar surface area (TPSA) is 83.6 Å². The number of rotatable bonds is 6. The van der Waals surface area contributed by atoms with Crippen LogP contribution < -0.4 is 0 Å². The van der Waals surface area contributed by atoms with Crippen molar-refractivity contribution >= 4 is 56.6 Å². The highest BCUT2D eigenvalue weighted by molar-refractivity contribution is 8.17. The largest absolute Gasteiger partial charge is 0.293 e. The van der Waals surface area contributed by atoms with Gasteiger partial charge < -0.3 is 0 Å². The van der Waals surface area contributed by atoms with Gasteiger partial charge >= 0.3 is 0 Å². The monoisotopic (exact) mass is 512 g/mol. The van der Waals surface area contributed by atoms with Crippen molar-refractivity contribution in [1.29, 1.82) is 0 Å². The summed E-state index contributed by atoms with van der Waals surface area (Å²) in [5.74, 6) is -0.595. The number of thioether (sulfide) groups is 2. The van der Waals surface area contributed by atoms with E-state index in [-0.39, 0.29) is 28.8 Å². The minimum absolute atomic E-state index is 0.0540. The minimum atomic E-state index is -0.368. The molecule has 0 aliphatic carbocycles. The molecule has 0 fully saturated rings. The molecule has 3 heterocycles. The van der Waals surface area contributed by atoms with Crippen LogP contribution in [0.25, 0.3) is 0 Å². The Hall–Kier alpha value is -3.36. The maximum atomic E-state index is 13.1. The Morgan fingerprint density at radius 3 is 1.94 bits per heavy atom. The molecule has 2 aromatic rings. The molecule has 0 saturated heterocycles. The standard InChI is InChI=1S/C28H24N4O2S2/c1-3-9-19-25(33)17-11-5-7-13-21(17)29-27(19)35-23-15-16-24(32-31-23)36-28-20(10-4-2)26(34)18-12-6-8-14-22(18)30-28/h3-8,11-15,19-20,24H,1-2,9-10,16H2/t19-,20+,24+/m0/s1. The van der Waals surface area contributed by atoms with Crippen LogP contribution in [0, 0.1) is 11.8 Å². The summed E-state index contributed by atoms with van der Waals surface area (Å²) in [4.78, 5) is 35.7. The number of carbonyl (C=O) groups excluding carboxylic acids is 2. The molecule has 0 saturated carbocycles. The lowest BCUT2D eigenvalue weighted by Gasteiger charge is -2.25. The van der Waals surface area contributed by atoms with E-state index >= 15 is 0 Å². The zero-order valence-electron chi connectivity index (χ0n) is 19.5. The van der Waals surface area contributed by atoms with E-state index in [0.29, 0.717) is 51.8 Å². The molecule has 3 atom stereocenters. The van der Waals surface area contributed by atoms with Gasteiger partial charge in [-0.2, -0.15) is 5.11 Å². The van der Waals surface area contributed by atoms with Crippen LogP contribution in [0.3, 0.4) is 0 Å². The average molecular weight is 513 g/mol. The third kappa shape index (κ3) is 4.83. The Morgan fingerprint density at radius 2 is 1.39 bits per heavy atom. The number of hydrogen-bond donors (Lipinski definition) is 0.